The molecule has 2 rings (SSSR count). The Morgan fingerprint density at radius 1 is 1.14 bits per heavy atom. The maximum absolute atomic E-state index is 11.6. The van der Waals surface area contributed by atoms with Crippen LogP contribution in [0.1, 0.15) is 15.9 Å². The van der Waals surface area contributed by atoms with Crippen molar-refractivity contribution in [2.24, 2.45) is 0 Å². The van der Waals surface area contributed by atoms with Crippen LogP contribution in [-0.4, -0.2) is 31.3 Å². The highest BCUT2D eigenvalue weighted by Crippen LogP contribution is 2.17. The van der Waals surface area contributed by atoms with E-state index in [2.05, 4.69) is 4.90 Å². The van der Waals surface area contributed by atoms with Gasteiger partial charge in [-0.1, -0.05) is 30.3 Å². The van der Waals surface area contributed by atoms with E-state index in [4.69, 9.17) is 4.74 Å². The number of para-hydroxylation sites is 1. The summed E-state index contributed by atoms with van der Waals surface area (Å²) in [6.07, 6.45) is 0. The fourth-order valence-electron chi connectivity index (χ4n) is 2.19. The maximum Gasteiger partial charge on any atom is 0.337 e. The first kappa shape index (κ1) is 15.1. The molecule has 0 aromatic heterocycles. The number of esters is 1. The van der Waals surface area contributed by atoms with Crippen LogP contribution in [0.25, 0.3) is 0 Å². The molecule has 2 aromatic carbocycles. The first-order valence-corrected chi connectivity index (χ1v) is 6.82. The Kier molecular flexibility index (Phi) is 5.35. The molecule has 0 atom stereocenters. The van der Waals surface area contributed by atoms with Crippen molar-refractivity contribution >= 4 is 11.7 Å². The second kappa shape index (κ2) is 7.45. The molecule has 0 heterocycles. The van der Waals surface area contributed by atoms with Crippen molar-refractivity contribution in [2.75, 3.05) is 25.2 Å². The average Bonchev–Trinajstić information content (AvgIpc) is 2.55. The Hall–Kier alpha value is -2.33. The molecule has 1 N–H and O–H groups in total. The largest absolute Gasteiger partial charge is 0.465 e. The van der Waals surface area contributed by atoms with E-state index in [1.54, 1.807) is 6.07 Å². The molecule has 0 radical (unpaired) electrons. The van der Waals surface area contributed by atoms with E-state index in [1.165, 1.54) is 7.11 Å². The molecular formula is C17H19NO3. The van der Waals surface area contributed by atoms with Crippen molar-refractivity contribution in [1.29, 1.82) is 0 Å². The van der Waals surface area contributed by atoms with Gasteiger partial charge in [0.15, 0.2) is 0 Å². The number of ether oxygens (including phenoxy) is 1. The second-order valence-corrected chi connectivity index (χ2v) is 4.67. The Balaban J connectivity index is 2.19. The molecule has 0 spiro atoms. The standard InChI is InChI=1S/C17H19NO3/c1-21-17(20)15-7-5-6-14(12-15)13-18(10-11-19)16-8-3-2-4-9-16/h2-9,12,19H,10-11,13H2,1H3. The molecule has 21 heavy (non-hydrogen) atoms. The van der Waals surface area contributed by atoms with Crippen LogP contribution in [0.2, 0.25) is 0 Å². The summed E-state index contributed by atoms with van der Waals surface area (Å²) in [6.45, 7) is 1.23. The third-order valence-electron chi connectivity index (χ3n) is 3.21. The highest BCUT2D eigenvalue weighted by atomic mass is 16.5. The quantitative estimate of drug-likeness (QED) is 0.828. The van der Waals surface area contributed by atoms with Crippen molar-refractivity contribution in [1.82, 2.24) is 0 Å². The lowest BCUT2D eigenvalue weighted by atomic mass is 10.1. The van der Waals surface area contributed by atoms with Gasteiger partial charge in [0.05, 0.1) is 19.3 Å². The highest BCUT2D eigenvalue weighted by molar-refractivity contribution is 5.89. The van der Waals surface area contributed by atoms with Crippen LogP contribution in [0.5, 0.6) is 0 Å². The lowest BCUT2D eigenvalue weighted by Gasteiger charge is -2.24. The summed E-state index contributed by atoms with van der Waals surface area (Å²) in [5.74, 6) is -0.342. The van der Waals surface area contributed by atoms with E-state index in [0.717, 1.165) is 11.3 Å². The summed E-state index contributed by atoms with van der Waals surface area (Å²) in [5, 5.41) is 9.24. The van der Waals surface area contributed by atoms with Gasteiger partial charge in [0, 0.05) is 18.8 Å². The van der Waals surface area contributed by atoms with E-state index in [9.17, 15) is 9.90 Å². The molecule has 0 saturated heterocycles. The molecule has 0 aliphatic carbocycles. The zero-order valence-corrected chi connectivity index (χ0v) is 12.0. The lowest BCUT2D eigenvalue weighted by Crippen LogP contribution is -2.26. The first-order chi connectivity index (χ1) is 10.2. The summed E-state index contributed by atoms with van der Waals surface area (Å²) in [4.78, 5) is 13.6. The van der Waals surface area contributed by atoms with Crippen molar-refractivity contribution in [3.05, 3.63) is 65.7 Å². The predicted octanol–water partition coefficient (Wildman–Crippen LogP) is 2.47. The van der Waals surface area contributed by atoms with E-state index >= 15 is 0 Å². The number of hydrogen-bond acceptors (Lipinski definition) is 4. The molecular weight excluding hydrogens is 266 g/mol. The third-order valence-corrected chi connectivity index (χ3v) is 3.21. The van der Waals surface area contributed by atoms with Gasteiger partial charge in [0.2, 0.25) is 0 Å². The second-order valence-electron chi connectivity index (χ2n) is 4.67. The van der Waals surface area contributed by atoms with Gasteiger partial charge in [-0.15, -0.1) is 0 Å². The number of methoxy groups -OCH3 is 1. The number of nitrogens with zero attached hydrogens (tertiary/aromatic N) is 1. The SMILES string of the molecule is COC(=O)c1cccc(CN(CCO)c2ccccc2)c1. The molecule has 0 aliphatic heterocycles. The number of carbonyl (C=O) groups is 1. The van der Waals surface area contributed by atoms with Crippen molar-refractivity contribution in [2.45, 2.75) is 6.54 Å². The Bertz CT molecular complexity index is 584. The van der Waals surface area contributed by atoms with Crippen LogP contribution in [-0.2, 0) is 11.3 Å². The fraction of sp³-hybridized carbons (Fsp3) is 0.235. The van der Waals surface area contributed by atoms with Crippen molar-refractivity contribution in [3.8, 4) is 0 Å². The molecule has 4 nitrogen and oxygen atoms in total. The minimum Gasteiger partial charge on any atom is -0.465 e. The fourth-order valence-corrected chi connectivity index (χ4v) is 2.19. The zero-order chi connectivity index (χ0) is 15.1. The Morgan fingerprint density at radius 2 is 1.90 bits per heavy atom. The van der Waals surface area contributed by atoms with Crippen LogP contribution in [0, 0.1) is 0 Å². The number of aliphatic hydroxyl groups is 1. The van der Waals surface area contributed by atoms with Gasteiger partial charge < -0.3 is 14.7 Å². The first-order valence-electron chi connectivity index (χ1n) is 6.82. The minimum atomic E-state index is -0.342. The van der Waals surface area contributed by atoms with E-state index in [0.29, 0.717) is 18.7 Å². The van der Waals surface area contributed by atoms with E-state index in [1.807, 2.05) is 48.5 Å². The highest BCUT2D eigenvalue weighted by Gasteiger charge is 2.09. The number of aliphatic hydroxyl groups excluding tert-OH is 1. The molecule has 0 fully saturated rings. The molecule has 4 heteroatoms. The molecule has 110 valence electrons. The van der Waals surface area contributed by atoms with Gasteiger partial charge in [-0.3, -0.25) is 0 Å². The number of rotatable bonds is 6. The maximum atomic E-state index is 11.6. The molecule has 0 saturated carbocycles. The van der Waals surface area contributed by atoms with Crippen LogP contribution >= 0.6 is 0 Å². The van der Waals surface area contributed by atoms with Gasteiger partial charge in [-0.05, 0) is 29.8 Å². The number of benzene rings is 2. The van der Waals surface area contributed by atoms with Crippen LogP contribution in [0.3, 0.4) is 0 Å². The zero-order valence-electron chi connectivity index (χ0n) is 12.0. The Morgan fingerprint density at radius 3 is 2.57 bits per heavy atom. The molecule has 0 bridgehead atoms. The molecule has 2 aromatic rings. The normalized spacial score (nSPS) is 10.2. The van der Waals surface area contributed by atoms with E-state index in [-0.39, 0.29) is 12.6 Å². The summed E-state index contributed by atoms with van der Waals surface area (Å²) in [6, 6.07) is 17.2. The van der Waals surface area contributed by atoms with Crippen LogP contribution in [0.4, 0.5) is 5.69 Å². The summed E-state index contributed by atoms with van der Waals surface area (Å²) in [7, 11) is 1.37. The van der Waals surface area contributed by atoms with E-state index < -0.39 is 0 Å². The monoisotopic (exact) mass is 285 g/mol. The van der Waals surface area contributed by atoms with Gasteiger partial charge in [0.25, 0.3) is 0 Å². The smallest absolute Gasteiger partial charge is 0.337 e. The summed E-state index contributed by atoms with van der Waals surface area (Å²) >= 11 is 0. The molecule has 0 amide bonds. The average molecular weight is 285 g/mol. The van der Waals surface area contributed by atoms with Crippen LogP contribution < -0.4 is 4.90 Å². The topological polar surface area (TPSA) is 49.8 Å². The van der Waals surface area contributed by atoms with Gasteiger partial charge >= 0.3 is 5.97 Å². The third kappa shape index (κ3) is 4.07. The van der Waals surface area contributed by atoms with Gasteiger partial charge in [0.1, 0.15) is 0 Å². The Labute approximate surface area is 124 Å². The molecule has 0 unspecified atom stereocenters. The predicted molar refractivity (Wildman–Crippen MR) is 82.4 cm³/mol. The number of hydrogen-bond donors (Lipinski definition) is 1. The minimum absolute atomic E-state index is 0.0750. The van der Waals surface area contributed by atoms with Crippen molar-refractivity contribution in [3.63, 3.8) is 0 Å². The lowest BCUT2D eigenvalue weighted by molar-refractivity contribution is 0.0600. The molecule has 0 aliphatic rings. The van der Waals surface area contributed by atoms with Gasteiger partial charge in [-0.25, -0.2) is 4.79 Å². The van der Waals surface area contributed by atoms with Crippen molar-refractivity contribution < 1.29 is 14.6 Å². The number of carbonyl (C=O) groups excluding carboxylic acids is 1. The summed E-state index contributed by atoms with van der Waals surface area (Å²) in [5.41, 5.74) is 2.57. The van der Waals surface area contributed by atoms with Gasteiger partial charge in [-0.2, -0.15) is 0 Å². The summed E-state index contributed by atoms with van der Waals surface area (Å²) < 4.78 is 4.74. The number of anilines is 1. The van der Waals surface area contributed by atoms with Crippen LogP contribution in [0.15, 0.2) is 54.6 Å².